The molecule has 2 aliphatic heterocycles. The lowest BCUT2D eigenvalue weighted by atomic mass is 10.0. The van der Waals surface area contributed by atoms with E-state index in [9.17, 15) is 0 Å². The van der Waals surface area contributed by atoms with Crippen LogP contribution in [0.1, 0.15) is 18.1 Å². The van der Waals surface area contributed by atoms with Crippen molar-refractivity contribution >= 4 is 17.3 Å². The third-order valence-electron chi connectivity index (χ3n) is 5.75. The Morgan fingerprint density at radius 2 is 1.64 bits per heavy atom. The summed E-state index contributed by atoms with van der Waals surface area (Å²) in [5.41, 5.74) is 8.64. The first-order valence-electron chi connectivity index (χ1n) is 10.1. The Balaban J connectivity index is 1.34. The number of halogens is 1. The van der Waals surface area contributed by atoms with Gasteiger partial charge >= 0.3 is 0 Å². The predicted molar refractivity (Wildman–Crippen MR) is 118 cm³/mol. The van der Waals surface area contributed by atoms with Gasteiger partial charge in [0.25, 0.3) is 0 Å². The Hall–Kier alpha value is -1.85. The van der Waals surface area contributed by atoms with E-state index in [0.29, 0.717) is 6.04 Å². The lowest BCUT2D eigenvalue weighted by Gasteiger charge is -2.32. The highest BCUT2D eigenvalue weighted by molar-refractivity contribution is 6.33. The first kappa shape index (κ1) is 19.5. The van der Waals surface area contributed by atoms with E-state index >= 15 is 0 Å². The van der Waals surface area contributed by atoms with E-state index in [0.717, 1.165) is 36.8 Å². The van der Waals surface area contributed by atoms with Crippen LogP contribution in [0.2, 0.25) is 5.02 Å². The van der Waals surface area contributed by atoms with Crippen molar-refractivity contribution in [3.63, 3.8) is 0 Å². The van der Waals surface area contributed by atoms with Gasteiger partial charge in [0.15, 0.2) is 0 Å². The fourth-order valence-electron chi connectivity index (χ4n) is 3.87. The minimum Gasteiger partial charge on any atom is -0.304 e. The summed E-state index contributed by atoms with van der Waals surface area (Å²) in [7, 11) is 2.20. The third-order valence-corrected chi connectivity index (χ3v) is 6.07. The highest BCUT2D eigenvalue weighted by Gasteiger charge is 2.23. The number of rotatable bonds is 5. The molecule has 4 rings (SSSR count). The Morgan fingerprint density at radius 3 is 2.36 bits per heavy atom. The quantitative estimate of drug-likeness (QED) is 0.826. The molecular formula is C23H29ClN4. The molecule has 1 fully saturated rings. The zero-order valence-corrected chi connectivity index (χ0v) is 17.5. The number of likely N-dealkylation sites (N-methyl/N-ethyl adjacent to an activating group) is 1. The first-order chi connectivity index (χ1) is 13.6. The van der Waals surface area contributed by atoms with Gasteiger partial charge in [0.1, 0.15) is 0 Å². The Morgan fingerprint density at radius 1 is 0.964 bits per heavy atom. The molecular weight excluding hydrogens is 368 g/mol. The van der Waals surface area contributed by atoms with Crippen molar-refractivity contribution in [2.45, 2.75) is 25.9 Å². The molecule has 0 bridgehead atoms. The SMILES string of the molecule is CC1=CN(c2ccccc2Cl)NC1Cc1ccc(CN2CCN(C)CC2)cc1. The van der Waals surface area contributed by atoms with E-state index in [2.05, 4.69) is 59.7 Å². The second-order valence-corrected chi connectivity index (χ2v) is 8.38. The van der Waals surface area contributed by atoms with Crippen molar-refractivity contribution in [3.05, 3.63) is 76.5 Å². The van der Waals surface area contributed by atoms with Gasteiger partial charge in [-0.15, -0.1) is 0 Å². The van der Waals surface area contributed by atoms with E-state index < -0.39 is 0 Å². The van der Waals surface area contributed by atoms with E-state index in [1.165, 1.54) is 29.8 Å². The minimum absolute atomic E-state index is 0.291. The number of benzene rings is 2. The zero-order chi connectivity index (χ0) is 19.5. The molecule has 28 heavy (non-hydrogen) atoms. The maximum absolute atomic E-state index is 6.35. The lowest BCUT2D eigenvalue weighted by Crippen LogP contribution is -2.43. The molecule has 0 amide bonds. The molecule has 1 atom stereocenters. The monoisotopic (exact) mass is 396 g/mol. The van der Waals surface area contributed by atoms with Crippen LogP contribution in [-0.2, 0) is 13.0 Å². The number of nitrogens with one attached hydrogen (secondary N) is 1. The summed E-state index contributed by atoms with van der Waals surface area (Å²) < 4.78 is 0. The van der Waals surface area contributed by atoms with Crippen LogP contribution in [0.5, 0.6) is 0 Å². The molecule has 2 aromatic carbocycles. The fourth-order valence-corrected chi connectivity index (χ4v) is 4.10. The van der Waals surface area contributed by atoms with Crippen LogP contribution in [0.25, 0.3) is 0 Å². The smallest absolute Gasteiger partial charge is 0.0757 e. The summed E-state index contributed by atoms with van der Waals surface area (Å²) in [6.07, 6.45) is 3.12. The molecule has 1 saturated heterocycles. The molecule has 4 nitrogen and oxygen atoms in total. The van der Waals surface area contributed by atoms with Crippen LogP contribution in [0.4, 0.5) is 5.69 Å². The second-order valence-electron chi connectivity index (χ2n) is 7.98. The van der Waals surface area contributed by atoms with Crippen LogP contribution < -0.4 is 10.4 Å². The summed E-state index contributed by atoms with van der Waals surface area (Å²) in [5.74, 6) is 0. The third kappa shape index (κ3) is 4.58. The van der Waals surface area contributed by atoms with E-state index in [1.54, 1.807) is 0 Å². The molecule has 0 aliphatic carbocycles. The van der Waals surface area contributed by atoms with Crippen LogP contribution in [0, 0.1) is 0 Å². The topological polar surface area (TPSA) is 21.8 Å². The highest BCUT2D eigenvalue weighted by atomic mass is 35.5. The molecule has 2 heterocycles. The molecule has 0 saturated carbocycles. The minimum atomic E-state index is 0.291. The van der Waals surface area contributed by atoms with Crippen molar-refractivity contribution in [2.24, 2.45) is 0 Å². The Bertz CT molecular complexity index is 825. The number of anilines is 1. The summed E-state index contributed by atoms with van der Waals surface area (Å²) in [6, 6.07) is 17.3. The van der Waals surface area contributed by atoms with Gasteiger partial charge in [0.05, 0.1) is 16.8 Å². The molecule has 0 aromatic heterocycles. The maximum atomic E-state index is 6.35. The zero-order valence-electron chi connectivity index (χ0n) is 16.7. The van der Waals surface area contributed by atoms with Crippen molar-refractivity contribution in [1.82, 2.24) is 15.2 Å². The van der Waals surface area contributed by atoms with Crippen LogP contribution in [0.15, 0.2) is 60.3 Å². The molecule has 0 spiro atoms. The van der Waals surface area contributed by atoms with Crippen LogP contribution in [0.3, 0.4) is 0 Å². The van der Waals surface area contributed by atoms with Crippen molar-refractivity contribution in [3.8, 4) is 0 Å². The standard InChI is InChI=1S/C23H29ClN4/c1-18-16-28(23-6-4-3-5-21(23)24)25-22(18)15-19-7-9-20(10-8-19)17-27-13-11-26(2)12-14-27/h3-10,16,22,25H,11-15,17H2,1-2H3. The summed E-state index contributed by atoms with van der Waals surface area (Å²) in [4.78, 5) is 4.94. The first-order valence-corrected chi connectivity index (χ1v) is 10.4. The van der Waals surface area contributed by atoms with Gasteiger partial charge in [-0.05, 0) is 49.2 Å². The average molecular weight is 397 g/mol. The average Bonchev–Trinajstić information content (AvgIpc) is 3.06. The highest BCUT2D eigenvalue weighted by Crippen LogP contribution is 2.28. The number of para-hydroxylation sites is 1. The van der Waals surface area contributed by atoms with Gasteiger partial charge in [0.2, 0.25) is 0 Å². The van der Waals surface area contributed by atoms with E-state index in [1.807, 2.05) is 29.3 Å². The van der Waals surface area contributed by atoms with Gasteiger partial charge in [0, 0.05) is 38.9 Å². The molecule has 1 unspecified atom stereocenters. The van der Waals surface area contributed by atoms with E-state index in [4.69, 9.17) is 11.6 Å². The summed E-state index contributed by atoms with van der Waals surface area (Å²) in [5, 5.41) is 2.80. The number of hydrazine groups is 1. The van der Waals surface area contributed by atoms with Crippen molar-refractivity contribution in [2.75, 3.05) is 38.2 Å². The summed E-state index contributed by atoms with van der Waals surface area (Å²) >= 11 is 6.35. The summed E-state index contributed by atoms with van der Waals surface area (Å²) in [6.45, 7) is 7.88. The molecule has 5 heteroatoms. The van der Waals surface area contributed by atoms with Crippen LogP contribution >= 0.6 is 11.6 Å². The van der Waals surface area contributed by atoms with Gasteiger partial charge in [-0.2, -0.15) is 0 Å². The molecule has 2 aliphatic rings. The second kappa shape index (κ2) is 8.66. The number of hydrogen-bond acceptors (Lipinski definition) is 4. The predicted octanol–water partition coefficient (Wildman–Crippen LogP) is 3.93. The van der Waals surface area contributed by atoms with Crippen molar-refractivity contribution < 1.29 is 0 Å². The van der Waals surface area contributed by atoms with Crippen LogP contribution in [-0.4, -0.2) is 49.1 Å². The number of nitrogens with zero attached hydrogens (tertiary/aromatic N) is 3. The maximum Gasteiger partial charge on any atom is 0.0757 e. The van der Waals surface area contributed by atoms with E-state index in [-0.39, 0.29) is 0 Å². The number of piperazine rings is 1. The normalized spacial score (nSPS) is 21.2. The molecule has 1 N–H and O–H groups in total. The van der Waals surface area contributed by atoms with Crippen molar-refractivity contribution in [1.29, 1.82) is 0 Å². The molecule has 148 valence electrons. The molecule has 0 radical (unpaired) electrons. The Kier molecular flexibility index (Phi) is 6.02. The Labute approximate surface area is 173 Å². The molecule has 2 aromatic rings. The fraction of sp³-hybridized carbons (Fsp3) is 0.391. The lowest BCUT2D eigenvalue weighted by molar-refractivity contribution is 0.148. The van der Waals surface area contributed by atoms with Gasteiger partial charge < -0.3 is 4.90 Å². The number of hydrogen-bond donors (Lipinski definition) is 1. The van der Waals surface area contributed by atoms with Gasteiger partial charge in [-0.25, -0.2) is 5.43 Å². The van der Waals surface area contributed by atoms with Gasteiger partial charge in [-0.1, -0.05) is 48.0 Å². The largest absolute Gasteiger partial charge is 0.304 e. The van der Waals surface area contributed by atoms with Gasteiger partial charge in [-0.3, -0.25) is 9.91 Å².